The SMILES string of the molecule is Cc1cc(C(C)(C)C)cc(C)c1N1c2cccc3c2B(c2cc(-c4cc5ccccc5s4)ccc2N3c2ccc(-c3cc4ccccc4s3)cc2)c2c1sc1ccc(C(C)(C)C)cc21. The van der Waals surface area contributed by atoms with E-state index in [2.05, 4.69) is 217 Å². The van der Waals surface area contributed by atoms with Gasteiger partial charge in [0.25, 0.3) is 6.71 Å². The molecule has 64 heavy (non-hydrogen) atoms. The Kier molecular flexibility index (Phi) is 8.86. The number of nitrogens with zero attached hydrogens (tertiary/aromatic N) is 2. The van der Waals surface area contributed by atoms with Crippen LogP contribution in [0.15, 0.2) is 152 Å². The molecule has 2 aliphatic heterocycles. The molecule has 0 saturated carbocycles. The average molecular weight is 881 g/mol. The van der Waals surface area contributed by atoms with Crippen LogP contribution in [0.4, 0.5) is 33.4 Å². The number of aryl methyl sites for hydroxylation is 2. The summed E-state index contributed by atoms with van der Waals surface area (Å²) in [5.41, 5.74) is 18.2. The van der Waals surface area contributed by atoms with Gasteiger partial charge < -0.3 is 9.80 Å². The number of hydrogen-bond acceptors (Lipinski definition) is 5. The van der Waals surface area contributed by atoms with Crippen LogP contribution >= 0.6 is 34.0 Å². The third-order valence-corrected chi connectivity index (χ3v) is 17.1. The van der Waals surface area contributed by atoms with Gasteiger partial charge in [-0.1, -0.05) is 133 Å². The quantitative estimate of drug-likeness (QED) is 0.163. The molecule has 6 heteroatoms. The zero-order valence-corrected chi connectivity index (χ0v) is 40.1. The van der Waals surface area contributed by atoms with Gasteiger partial charge in [0.1, 0.15) is 0 Å². The fourth-order valence-electron chi connectivity index (χ4n) is 10.3. The maximum absolute atomic E-state index is 2.65. The monoisotopic (exact) mass is 880 g/mol. The highest BCUT2D eigenvalue weighted by Crippen LogP contribution is 2.50. The van der Waals surface area contributed by atoms with E-state index in [9.17, 15) is 0 Å². The molecule has 0 N–H and O–H groups in total. The summed E-state index contributed by atoms with van der Waals surface area (Å²) in [4.78, 5) is 7.79. The van der Waals surface area contributed by atoms with Gasteiger partial charge in [0, 0.05) is 46.6 Å². The topological polar surface area (TPSA) is 6.48 Å². The van der Waals surface area contributed by atoms with Crippen LogP contribution in [0, 0.1) is 13.8 Å². The normalized spacial score (nSPS) is 13.5. The van der Waals surface area contributed by atoms with Crippen molar-refractivity contribution in [3.8, 4) is 20.9 Å². The lowest BCUT2D eigenvalue weighted by molar-refractivity contribution is 0.589. The summed E-state index contributed by atoms with van der Waals surface area (Å²) in [5.74, 6) is 0. The number of anilines is 6. The minimum atomic E-state index is 0.00795. The van der Waals surface area contributed by atoms with E-state index in [4.69, 9.17) is 0 Å². The van der Waals surface area contributed by atoms with E-state index in [0.717, 1.165) is 5.69 Å². The maximum atomic E-state index is 2.65. The Morgan fingerprint density at radius 2 is 1.05 bits per heavy atom. The van der Waals surface area contributed by atoms with E-state index in [1.807, 2.05) is 34.0 Å². The predicted molar refractivity (Wildman–Crippen MR) is 284 cm³/mol. The molecule has 5 heterocycles. The van der Waals surface area contributed by atoms with Crippen LogP contribution in [-0.4, -0.2) is 6.71 Å². The molecular weight excluding hydrogens is 832 g/mol. The van der Waals surface area contributed by atoms with Crippen molar-refractivity contribution >= 4 is 121 Å². The number of hydrogen-bond donors (Lipinski definition) is 0. The van der Waals surface area contributed by atoms with Crippen molar-refractivity contribution in [3.63, 3.8) is 0 Å². The Balaban J connectivity index is 1.13. The van der Waals surface area contributed by atoms with E-state index < -0.39 is 0 Å². The van der Waals surface area contributed by atoms with Crippen molar-refractivity contribution in [2.75, 3.05) is 9.80 Å². The Morgan fingerprint density at radius 1 is 0.453 bits per heavy atom. The second-order valence-corrected chi connectivity index (χ2v) is 23.1. The van der Waals surface area contributed by atoms with Crippen molar-refractivity contribution < 1.29 is 0 Å². The Morgan fingerprint density at radius 3 is 1.67 bits per heavy atom. The lowest BCUT2D eigenvalue weighted by Gasteiger charge is -2.44. The molecule has 0 unspecified atom stereocenters. The van der Waals surface area contributed by atoms with E-state index in [-0.39, 0.29) is 17.5 Å². The van der Waals surface area contributed by atoms with Crippen LogP contribution in [0.25, 0.3) is 51.1 Å². The number of thiophene rings is 3. The second-order valence-electron chi connectivity index (χ2n) is 19.9. The van der Waals surface area contributed by atoms with Crippen molar-refractivity contribution in [2.24, 2.45) is 0 Å². The van der Waals surface area contributed by atoms with Crippen LogP contribution in [0.3, 0.4) is 0 Å². The summed E-state index contributed by atoms with van der Waals surface area (Å²) in [5, 5.41) is 5.28. The fourth-order valence-corrected chi connectivity index (χ4v) is 13.7. The Labute approximate surface area is 389 Å². The summed E-state index contributed by atoms with van der Waals surface area (Å²) >= 11 is 5.71. The summed E-state index contributed by atoms with van der Waals surface area (Å²) in [6.45, 7) is 18.7. The zero-order valence-electron chi connectivity index (χ0n) is 37.6. The molecule has 0 saturated heterocycles. The van der Waals surface area contributed by atoms with Gasteiger partial charge in [-0.25, -0.2) is 0 Å². The standard InChI is InChI=1S/C58H49BN2S3/c1-34-28-41(58(6,7)8)29-35(2)55(34)61-47-17-13-16-46-54(47)59(53-43-33-40(57(3,4)5)23-27-50(43)64-56(53)61)44-30-39(52-32-38-15-10-12-19-49(38)63-52)22-26-45(44)60(46)42-24-20-36(21-25-42)51-31-37-14-9-11-18-48(37)62-51/h9-33H,1-8H3. The molecule has 0 amide bonds. The summed E-state index contributed by atoms with van der Waals surface area (Å²) < 4.78 is 3.97. The van der Waals surface area contributed by atoms with Crippen LogP contribution in [-0.2, 0) is 10.8 Å². The molecule has 0 atom stereocenters. The van der Waals surface area contributed by atoms with Crippen LogP contribution in [0.1, 0.15) is 63.8 Å². The predicted octanol–water partition coefficient (Wildman–Crippen LogP) is 16.0. The maximum Gasteiger partial charge on any atom is 0.254 e. The van der Waals surface area contributed by atoms with Crippen molar-refractivity contribution in [2.45, 2.75) is 66.2 Å². The molecule has 312 valence electrons. The van der Waals surface area contributed by atoms with Gasteiger partial charge in [-0.05, 0) is 151 Å². The first-order chi connectivity index (χ1) is 30.8. The van der Waals surface area contributed by atoms with Gasteiger partial charge in [0.05, 0.1) is 10.7 Å². The highest BCUT2D eigenvalue weighted by molar-refractivity contribution is 7.27. The zero-order chi connectivity index (χ0) is 43.8. The van der Waals surface area contributed by atoms with Crippen LogP contribution in [0.2, 0.25) is 0 Å². The van der Waals surface area contributed by atoms with Gasteiger partial charge in [0.15, 0.2) is 0 Å². The molecule has 2 nitrogen and oxygen atoms in total. The van der Waals surface area contributed by atoms with E-state index in [1.165, 1.54) is 118 Å². The molecule has 7 aromatic carbocycles. The molecule has 0 aliphatic carbocycles. The van der Waals surface area contributed by atoms with Crippen molar-refractivity contribution in [1.82, 2.24) is 0 Å². The van der Waals surface area contributed by atoms with E-state index in [1.54, 1.807) is 0 Å². The van der Waals surface area contributed by atoms with E-state index >= 15 is 0 Å². The lowest BCUT2D eigenvalue weighted by Crippen LogP contribution is -2.61. The van der Waals surface area contributed by atoms with Gasteiger partial charge in [-0.15, -0.1) is 34.0 Å². The molecular formula is C58H49BN2S3. The molecule has 0 radical (unpaired) electrons. The first-order valence-corrected chi connectivity index (χ1v) is 24.9. The lowest BCUT2D eigenvalue weighted by atomic mass is 9.33. The molecule has 0 bridgehead atoms. The molecule has 3 aromatic heterocycles. The Bertz CT molecular complexity index is 3430. The number of benzene rings is 7. The van der Waals surface area contributed by atoms with Gasteiger partial charge >= 0.3 is 0 Å². The van der Waals surface area contributed by atoms with Crippen molar-refractivity contribution in [1.29, 1.82) is 0 Å². The third kappa shape index (κ3) is 6.17. The number of fused-ring (bicyclic) bond motifs is 8. The molecule has 12 rings (SSSR count). The van der Waals surface area contributed by atoms with Crippen molar-refractivity contribution in [3.05, 3.63) is 174 Å². The van der Waals surface area contributed by atoms with E-state index in [0.29, 0.717) is 0 Å². The van der Waals surface area contributed by atoms with Crippen LogP contribution in [0.5, 0.6) is 0 Å². The molecule has 10 aromatic rings. The smallest absolute Gasteiger partial charge is 0.254 e. The fraction of sp³-hybridized carbons (Fsp3) is 0.172. The Hall–Kier alpha value is -5.92. The van der Waals surface area contributed by atoms with Crippen LogP contribution < -0.4 is 26.2 Å². The average Bonchev–Trinajstić information content (AvgIpc) is 4.02. The molecule has 0 spiro atoms. The van der Waals surface area contributed by atoms with Gasteiger partial charge in [-0.3, -0.25) is 0 Å². The van der Waals surface area contributed by atoms with Gasteiger partial charge in [0.2, 0.25) is 0 Å². The minimum absolute atomic E-state index is 0.00795. The first kappa shape index (κ1) is 39.7. The third-order valence-electron chi connectivity index (χ3n) is 13.6. The summed E-state index contributed by atoms with van der Waals surface area (Å²) in [7, 11) is 0. The highest BCUT2D eigenvalue weighted by atomic mass is 32.1. The second kappa shape index (κ2) is 14.3. The van der Waals surface area contributed by atoms with Gasteiger partial charge in [-0.2, -0.15) is 0 Å². The highest BCUT2D eigenvalue weighted by Gasteiger charge is 2.46. The largest absolute Gasteiger partial charge is 0.311 e. The summed E-state index contributed by atoms with van der Waals surface area (Å²) in [6.07, 6.45) is 0. The first-order valence-electron chi connectivity index (χ1n) is 22.4. The molecule has 2 aliphatic rings. The number of rotatable bonds is 4. The minimum Gasteiger partial charge on any atom is -0.311 e. The molecule has 0 fully saturated rings. The summed E-state index contributed by atoms with van der Waals surface area (Å²) in [6, 6.07) is 58.0.